The second-order valence-electron chi connectivity index (χ2n) is 8.83. The van der Waals surface area contributed by atoms with Crippen LogP contribution in [0.4, 0.5) is 0 Å². The van der Waals surface area contributed by atoms with Gasteiger partial charge in [-0.3, -0.25) is 9.36 Å². The molecule has 3 aromatic rings. The zero-order chi connectivity index (χ0) is 24.5. The second-order valence-corrected chi connectivity index (χ2v) is 9.78. The molecule has 184 valence electrons. The Morgan fingerprint density at radius 3 is 2.57 bits per heavy atom. The number of aromatic nitrogens is 3. The molecule has 7 nitrogen and oxygen atoms in total. The van der Waals surface area contributed by atoms with Crippen LogP contribution in [-0.2, 0) is 4.79 Å². The first-order valence-electron chi connectivity index (χ1n) is 12.3. The molecule has 4 rings (SSSR count). The summed E-state index contributed by atoms with van der Waals surface area (Å²) >= 11 is 1.41. The summed E-state index contributed by atoms with van der Waals surface area (Å²) in [5.41, 5.74) is 5.77. The van der Waals surface area contributed by atoms with Crippen LogP contribution < -0.4 is 10.2 Å². The van der Waals surface area contributed by atoms with Gasteiger partial charge in [0.05, 0.1) is 18.6 Å². The van der Waals surface area contributed by atoms with E-state index >= 15 is 0 Å². The first-order chi connectivity index (χ1) is 17.1. The number of hydrogen-bond acceptors (Lipinski definition) is 6. The number of carbonyl (C=O) groups excluding carboxylic acids is 1. The molecule has 1 aliphatic carbocycles. The van der Waals surface area contributed by atoms with Crippen molar-refractivity contribution in [1.82, 2.24) is 20.2 Å². The van der Waals surface area contributed by atoms with Crippen molar-refractivity contribution in [1.29, 1.82) is 0 Å². The summed E-state index contributed by atoms with van der Waals surface area (Å²) in [5.74, 6) is 1.75. The van der Waals surface area contributed by atoms with Gasteiger partial charge in [-0.15, -0.1) is 10.2 Å². The highest BCUT2D eigenvalue weighted by Crippen LogP contribution is 2.35. The number of ether oxygens (including phenoxy) is 1. The topological polar surface area (TPSA) is 81.4 Å². The van der Waals surface area contributed by atoms with Crippen LogP contribution in [0, 0.1) is 6.92 Å². The standard InChI is InChI=1S/C27H33N5O2S/c1-3-17-34-24-15-11-21(12-16-24)18-28-29-25(33)19-35-27-31-30-26(22-13-9-20(2)10-14-22)32(27)23-7-5-4-6-8-23/h9-16,18,23H,3-8,17,19H2,1-2H3,(H,29,33)/b28-18+. The van der Waals surface area contributed by atoms with Crippen LogP contribution in [0.2, 0.25) is 0 Å². The molecular weight excluding hydrogens is 458 g/mol. The van der Waals surface area contributed by atoms with E-state index in [2.05, 4.69) is 63.4 Å². The molecule has 1 amide bonds. The van der Waals surface area contributed by atoms with Gasteiger partial charge in [0, 0.05) is 11.6 Å². The average molecular weight is 492 g/mol. The lowest BCUT2D eigenvalue weighted by Crippen LogP contribution is -2.20. The summed E-state index contributed by atoms with van der Waals surface area (Å²) in [6.07, 6.45) is 8.52. The molecule has 0 aliphatic heterocycles. The average Bonchev–Trinajstić information content (AvgIpc) is 3.32. The highest BCUT2D eigenvalue weighted by atomic mass is 32.2. The number of thioether (sulfide) groups is 1. The van der Waals surface area contributed by atoms with Gasteiger partial charge < -0.3 is 4.74 Å². The fourth-order valence-corrected chi connectivity index (χ4v) is 4.95. The van der Waals surface area contributed by atoms with Gasteiger partial charge >= 0.3 is 0 Å². The van der Waals surface area contributed by atoms with Crippen molar-refractivity contribution in [3.63, 3.8) is 0 Å². The van der Waals surface area contributed by atoms with E-state index in [-0.39, 0.29) is 11.7 Å². The number of nitrogens with one attached hydrogen (secondary N) is 1. The predicted molar refractivity (Wildman–Crippen MR) is 141 cm³/mol. The summed E-state index contributed by atoms with van der Waals surface area (Å²) in [7, 11) is 0. The molecule has 8 heteroatoms. The molecule has 1 saturated carbocycles. The second kappa shape index (κ2) is 12.5. The summed E-state index contributed by atoms with van der Waals surface area (Å²) in [6, 6.07) is 16.4. The normalized spacial score (nSPS) is 14.3. The summed E-state index contributed by atoms with van der Waals surface area (Å²) in [6.45, 7) is 4.85. The third-order valence-electron chi connectivity index (χ3n) is 6.00. The van der Waals surface area contributed by atoms with Gasteiger partial charge in [0.1, 0.15) is 5.75 Å². The zero-order valence-corrected chi connectivity index (χ0v) is 21.3. The number of hydrazone groups is 1. The molecule has 1 heterocycles. The first kappa shape index (κ1) is 25.0. The van der Waals surface area contributed by atoms with E-state index in [9.17, 15) is 4.79 Å². The molecule has 0 saturated heterocycles. The van der Waals surface area contributed by atoms with E-state index in [1.54, 1.807) is 6.21 Å². The smallest absolute Gasteiger partial charge is 0.250 e. The Labute approximate surface area is 211 Å². The van der Waals surface area contributed by atoms with Crippen molar-refractivity contribution in [2.24, 2.45) is 5.10 Å². The third-order valence-corrected chi connectivity index (χ3v) is 6.95. The van der Waals surface area contributed by atoms with Crippen LogP contribution in [0.1, 0.15) is 62.6 Å². The van der Waals surface area contributed by atoms with Crippen LogP contribution in [0.5, 0.6) is 5.75 Å². The number of carbonyl (C=O) groups is 1. The molecule has 1 N–H and O–H groups in total. The van der Waals surface area contributed by atoms with Crippen molar-refractivity contribution in [2.75, 3.05) is 12.4 Å². The number of benzene rings is 2. The monoisotopic (exact) mass is 491 g/mol. The number of aryl methyl sites for hydroxylation is 1. The Morgan fingerprint density at radius 1 is 1.11 bits per heavy atom. The van der Waals surface area contributed by atoms with Crippen LogP contribution in [0.3, 0.4) is 0 Å². The Balaban J connectivity index is 1.38. The van der Waals surface area contributed by atoms with Crippen molar-refractivity contribution < 1.29 is 9.53 Å². The maximum Gasteiger partial charge on any atom is 0.250 e. The van der Waals surface area contributed by atoms with Gasteiger partial charge in [0.25, 0.3) is 5.91 Å². The van der Waals surface area contributed by atoms with Crippen LogP contribution in [0.15, 0.2) is 58.8 Å². The Hall–Kier alpha value is -3.13. The molecule has 1 fully saturated rings. The van der Waals surface area contributed by atoms with Crippen LogP contribution in [0.25, 0.3) is 11.4 Å². The lowest BCUT2D eigenvalue weighted by atomic mass is 9.95. The van der Waals surface area contributed by atoms with Gasteiger partial charge in [0.15, 0.2) is 11.0 Å². The van der Waals surface area contributed by atoms with Crippen LogP contribution >= 0.6 is 11.8 Å². The van der Waals surface area contributed by atoms with Gasteiger partial charge in [-0.05, 0) is 56.0 Å². The Bertz CT molecular complexity index is 1120. The van der Waals surface area contributed by atoms with E-state index in [4.69, 9.17) is 4.74 Å². The van der Waals surface area contributed by atoms with Gasteiger partial charge in [0.2, 0.25) is 0 Å². The molecule has 0 atom stereocenters. The molecule has 0 bridgehead atoms. The van der Waals surface area contributed by atoms with Crippen molar-refractivity contribution in [3.05, 3.63) is 59.7 Å². The molecule has 2 aromatic carbocycles. The Kier molecular flexibility index (Phi) is 8.95. The number of amides is 1. The van der Waals surface area contributed by atoms with E-state index in [1.807, 2.05) is 24.3 Å². The third kappa shape index (κ3) is 6.94. The minimum atomic E-state index is -0.177. The summed E-state index contributed by atoms with van der Waals surface area (Å²) in [4.78, 5) is 12.5. The van der Waals surface area contributed by atoms with Crippen molar-refractivity contribution in [2.45, 2.75) is 63.6 Å². The van der Waals surface area contributed by atoms with E-state index in [0.29, 0.717) is 12.6 Å². The minimum Gasteiger partial charge on any atom is -0.494 e. The maximum atomic E-state index is 12.5. The molecule has 1 aliphatic rings. The molecular formula is C27H33N5O2S. The number of nitrogens with zero attached hydrogens (tertiary/aromatic N) is 4. The van der Waals surface area contributed by atoms with Crippen molar-refractivity contribution in [3.8, 4) is 17.1 Å². The SMILES string of the molecule is CCCOc1ccc(/C=N/NC(=O)CSc2nnc(-c3ccc(C)cc3)n2C2CCCCC2)cc1. The van der Waals surface area contributed by atoms with E-state index in [0.717, 1.165) is 47.1 Å². The highest BCUT2D eigenvalue weighted by Gasteiger charge is 2.24. The lowest BCUT2D eigenvalue weighted by molar-refractivity contribution is -0.118. The molecule has 0 spiro atoms. The van der Waals surface area contributed by atoms with E-state index < -0.39 is 0 Å². The van der Waals surface area contributed by atoms with E-state index in [1.165, 1.54) is 36.6 Å². The van der Waals surface area contributed by atoms with Crippen LogP contribution in [-0.4, -0.2) is 39.2 Å². The maximum absolute atomic E-state index is 12.5. The molecule has 0 unspecified atom stereocenters. The highest BCUT2D eigenvalue weighted by molar-refractivity contribution is 7.99. The molecule has 0 radical (unpaired) electrons. The predicted octanol–water partition coefficient (Wildman–Crippen LogP) is 5.79. The zero-order valence-electron chi connectivity index (χ0n) is 20.4. The minimum absolute atomic E-state index is 0.177. The summed E-state index contributed by atoms with van der Waals surface area (Å²) < 4.78 is 7.83. The van der Waals surface area contributed by atoms with Gasteiger partial charge in [-0.25, -0.2) is 5.43 Å². The fourth-order valence-electron chi connectivity index (χ4n) is 4.15. The fraction of sp³-hybridized carbons (Fsp3) is 0.407. The van der Waals surface area contributed by atoms with Gasteiger partial charge in [-0.2, -0.15) is 5.10 Å². The first-order valence-corrected chi connectivity index (χ1v) is 13.3. The molecule has 1 aromatic heterocycles. The number of hydrogen-bond donors (Lipinski definition) is 1. The largest absolute Gasteiger partial charge is 0.494 e. The van der Waals surface area contributed by atoms with Gasteiger partial charge in [-0.1, -0.05) is 67.8 Å². The molecule has 35 heavy (non-hydrogen) atoms. The van der Waals surface area contributed by atoms with Crippen molar-refractivity contribution >= 4 is 23.9 Å². The Morgan fingerprint density at radius 2 is 1.86 bits per heavy atom. The lowest BCUT2D eigenvalue weighted by Gasteiger charge is -2.25. The quantitative estimate of drug-likeness (QED) is 0.221. The summed E-state index contributed by atoms with van der Waals surface area (Å²) in [5, 5.41) is 13.9. The number of rotatable bonds is 10.